The summed E-state index contributed by atoms with van der Waals surface area (Å²) < 4.78 is 30.8. The van der Waals surface area contributed by atoms with E-state index in [-0.39, 0.29) is 40.9 Å². The maximum atomic E-state index is 13.6. The molecule has 3 aliphatic carbocycles. The van der Waals surface area contributed by atoms with E-state index in [4.69, 9.17) is 4.74 Å². The van der Waals surface area contributed by atoms with Crippen LogP contribution in [0.1, 0.15) is 47.2 Å². The van der Waals surface area contributed by atoms with E-state index in [0.717, 1.165) is 36.8 Å². The molecule has 2 fully saturated rings. The van der Waals surface area contributed by atoms with Gasteiger partial charge in [0, 0.05) is 35.8 Å². The van der Waals surface area contributed by atoms with Crippen molar-refractivity contribution >= 4 is 27.5 Å². The largest absolute Gasteiger partial charge is 0.508 e. The van der Waals surface area contributed by atoms with Gasteiger partial charge in [-0.25, -0.2) is 13.1 Å². The fourth-order valence-electron chi connectivity index (χ4n) is 7.51. The first-order valence-electron chi connectivity index (χ1n) is 13.8. The van der Waals surface area contributed by atoms with Gasteiger partial charge in [0.25, 0.3) is 11.8 Å². The minimum absolute atomic E-state index is 0.000962. The van der Waals surface area contributed by atoms with Crippen LogP contribution in [-0.2, 0) is 26.7 Å². The molecule has 2 aliphatic heterocycles. The van der Waals surface area contributed by atoms with Gasteiger partial charge in [-0.15, -0.1) is 0 Å². The number of hydrogen-bond donors (Lipinski definition) is 5. The molecule has 2 amide bonds. The Hall–Kier alpha value is -3.61. The number of piperidine rings is 1. The van der Waals surface area contributed by atoms with Crippen LogP contribution in [-0.4, -0.2) is 77.5 Å². The molecule has 5 N–H and O–H groups in total. The maximum Gasteiger partial charge on any atom is 0.264 e. The molecule has 4 atom stereocenters. The third-order valence-corrected chi connectivity index (χ3v) is 10.0. The summed E-state index contributed by atoms with van der Waals surface area (Å²) in [7, 11) is -3.73. The van der Waals surface area contributed by atoms with Gasteiger partial charge in [0.15, 0.2) is 17.6 Å². The number of ether oxygens (including phenoxy) is 1. The Morgan fingerprint density at radius 3 is 2.51 bits per heavy atom. The highest BCUT2D eigenvalue weighted by Crippen LogP contribution is 2.66. The molecular formula is C29H31N3O8S. The molecule has 7 rings (SSSR count). The summed E-state index contributed by atoms with van der Waals surface area (Å²) in [6.07, 6.45) is 3.12. The van der Waals surface area contributed by atoms with Crippen LogP contribution < -0.4 is 14.8 Å². The Labute approximate surface area is 236 Å². The molecular weight excluding hydrogens is 550 g/mol. The third kappa shape index (κ3) is 3.87. The summed E-state index contributed by atoms with van der Waals surface area (Å²) in [5.41, 5.74) is -0.305. The number of amides is 2. The smallest absolute Gasteiger partial charge is 0.264 e. The average Bonchev–Trinajstić information content (AvgIpc) is 3.65. The molecule has 2 bridgehead atoms. The predicted octanol–water partition coefficient (Wildman–Crippen LogP) is 1.71. The Bertz CT molecular complexity index is 1630. The monoisotopic (exact) mass is 581 g/mol. The first-order chi connectivity index (χ1) is 19.4. The molecule has 0 radical (unpaired) electrons. The van der Waals surface area contributed by atoms with E-state index in [1.54, 1.807) is 6.07 Å². The van der Waals surface area contributed by atoms with E-state index >= 15 is 0 Å². The molecule has 0 unspecified atom stereocenters. The van der Waals surface area contributed by atoms with Crippen molar-refractivity contribution in [1.29, 1.82) is 0 Å². The van der Waals surface area contributed by atoms with Crippen molar-refractivity contribution in [2.45, 2.75) is 55.3 Å². The molecule has 0 aromatic heterocycles. The van der Waals surface area contributed by atoms with Crippen LogP contribution in [0.15, 0.2) is 47.7 Å². The maximum absolute atomic E-state index is 13.6. The lowest BCUT2D eigenvalue weighted by Crippen LogP contribution is -2.75. The highest BCUT2D eigenvalue weighted by Gasteiger charge is 2.73. The van der Waals surface area contributed by atoms with Crippen LogP contribution in [0.4, 0.5) is 5.69 Å². The standard InChI is InChI=1S/C29H31N3O8S/c1-41(38,39)31-26(35)16-4-7-18(8-5-16)30-27(36)19-13-29(37)21-12-17-6-9-20(33)24-22(17)28(29,25(40-24)23(19)34)10-11-32(21)14-15-2-3-15/h4-9,15,21,25,33-34,37H,2-3,10-14H2,1H3,(H,30,36)(H,31,35)/t21-,25+,28+,29-/m1/s1. The van der Waals surface area contributed by atoms with Crippen LogP contribution in [0.2, 0.25) is 0 Å². The molecule has 5 aliphatic rings. The van der Waals surface area contributed by atoms with E-state index in [1.165, 1.54) is 24.3 Å². The van der Waals surface area contributed by atoms with Gasteiger partial charge in [-0.3, -0.25) is 14.5 Å². The molecule has 2 heterocycles. The number of nitrogens with zero attached hydrogens (tertiary/aromatic N) is 1. The second-order valence-corrected chi connectivity index (χ2v) is 13.8. The second-order valence-electron chi connectivity index (χ2n) is 12.0. The third-order valence-electron chi connectivity index (χ3n) is 9.47. The molecule has 41 heavy (non-hydrogen) atoms. The summed E-state index contributed by atoms with van der Waals surface area (Å²) in [4.78, 5) is 28.1. The number of aliphatic hydroxyl groups excluding tert-OH is 1. The highest BCUT2D eigenvalue weighted by atomic mass is 32.2. The van der Waals surface area contributed by atoms with Gasteiger partial charge in [-0.2, -0.15) is 0 Å². The lowest BCUT2D eigenvalue weighted by atomic mass is 9.49. The molecule has 1 saturated carbocycles. The molecule has 12 heteroatoms. The number of phenolic OH excluding ortho intramolecular Hbond substituents is 1. The lowest BCUT2D eigenvalue weighted by Gasteiger charge is -2.62. The molecule has 1 spiro atoms. The molecule has 2 aromatic carbocycles. The van der Waals surface area contributed by atoms with Crippen molar-refractivity contribution in [1.82, 2.24) is 9.62 Å². The van der Waals surface area contributed by atoms with Crippen molar-refractivity contribution in [3.05, 3.63) is 64.4 Å². The zero-order valence-corrected chi connectivity index (χ0v) is 23.2. The first-order valence-corrected chi connectivity index (χ1v) is 15.6. The van der Waals surface area contributed by atoms with Crippen molar-refractivity contribution in [2.24, 2.45) is 5.92 Å². The molecule has 1 saturated heterocycles. The number of benzene rings is 2. The summed E-state index contributed by atoms with van der Waals surface area (Å²) in [6.45, 7) is 1.58. The number of rotatable bonds is 6. The van der Waals surface area contributed by atoms with Crippen LogP contribution >= 0.6 is 0 Å². The van der Waals surface area contributed by atoms with Gasteiger partial charge in [-0.05, 0) is 74.0 Å². The van der Waals surface area contributed by atoms with E-state index < -0.39 is 39.0 Å². The summed E-state index contributed by atoms with van der Waals surface area (Å²) in [5, 5.41) is 37.6. The van der Waals surface area contributed by atoms with Crippen LogP contribution in [0.5, 0.6) is 11.5 Å². The predicted molar refractivity (Wildman–Crippen MR) is 147 cm³/mol. The number of carbonyl (C=O) groups is 2. The van der Waals surface area contributed by atoms with Crippen molar-refractivity contribution in [2.75, 3.05) is 24.7 Å². The molecule has 216 valence electrons. The highest BCUT2D eigenvalue weighted by molar-refractivity contribution is 7.89. The SMILES string of the molecule is CS(=O)(=O)NC(=O)c1ccc(NC(=O)C2=C(O)[C@@H]3Oc4c(O)ccc5c4[C@@]34CCN(CC3CC3)[C@H](C5)[C@]4(O)C2)cc1. The van der Waals surface area contributed by atoms with Gasteiger partial charge in [0.05, 0.1) is 22.8 Å². The number of hydrogen-bond acceptors (Lipinski definition) is 9. The van der Waals surface area contributed by atoms with E-state index in [9.17, 15) is 33.3 Å². The number of aromatic hydroxyl groups is 1. The van der Waals surface area contributed by atoms with Gasteiger partial charge >= 0.3 is 0 Å². The first kappa shape index (κ1) is 26.3. The minimum Gasteiger partial charge on any atom is -0.508 e. The van der Waals surface area contributed by atoms with E-state index in [0.29, 0.717) is 31.0 Å². The zero-order valence-electron chi connectivity index (χ0n) is 22.4. The summed E-state index contributed by atoms with van der Waals surface area (Å²) in [5.74, 6) is -0.901. The molecule has 11 nitrogen and oxygen atoms in total. The summed E-state index contributed by atoms with van der Waals surface area (Å²) >= 11 is 0. The van der Waals surface area contributed by atoms with Gasteiger partial charge in [-0.1, -0.05) is 6.07 Å². The fourth-order valence-corrected chi connectivity index (χ4v) is 7.96. The second kappa shape index (κ2) is 8.70. The Morgan fingerprint density at radius 2 is 1.83 bits per heavy atom. The van der Waals surface area contributed by atoms with Gasteiger partial charge < -0.3 is 25.4 Å². The number of likely N-dealkylation sites (tertiary alicyclic amines) is 1. The summed E-state index contributed by atoms with van der Waals surface area (Å²) in [6, 6.07) is 8.80. The van der Waals surface area contributed by atoms with Crippen molar-refractivity contribution in [3.8, 4) is 11.5 Å². The van der Waals surface area contributed by atoms with E-state index in [2.05, 4.69) is 10.2 Å². The lowest BCUT2D eigenvalue weighted by molar-refractivity contribution is -0.172. The number of sulfonamides is 1. The van der Waals surface area contributed by atoms with Crippen LogP contribution in [0, 0.1) is 5.92 Å². The Balaban J connectivity index is 1.23. The number of aliphatic hydroxyl groups is 2. The zero-order chi connectivity index (χ0) is 28.9. The normalized spacial score (nSPS) is 29.9. The molecule has 2 aromatic rings. The number of carbonyl (C=O) groups excluding carboxylic acids is 2. The van der Waals surface area contributed by atoms with Gasteiger partial charge in [0.1, 0.15) is 5.76 Å². The quantitative estimate of drug-likeness (QED) is 0.341. The fraction of sp³-hybridized carbons (Fsp3) is 0.448. The Morgan fingerprint density at radius 1 is 1.10 bits per heavy atom. The van der Waals surface area contributed by atoms with E-state index in [1.807, 2.05) is 10.8 Å². The number of phenols is 1. The van der Waals surface area contributed by atoms with Crippen molar-refractivity contribution in [3.63, 3.8) is 0 Å². The average molecular weight is 582 g/mol. The van der Waals surface area contributed by atoms with Crippen LogP contribution in [0.25, 0.3) is 0 Å². The van der Waals surface area contributed by atoms with Crippen LogP contribution in [0.3, 0.4) is 0 Å². The topological polar surface area (TPSA) is 166 Å². The number of nitrogens with one attached hydrogen (secondary N) is 2. The Kier molecular flexibility index (Phi) is 5.58. The minimum atomic E-state index is -3.73. The van der Waals surface area contributed by atoms with Gasteiger partial charge in [0.2, 0.25) is 10.0 Å². The van der Waals surface area contributed by atoms with Crippen molar-refractivity contribution < 1.29 is 38.1 Å². The number of anilines is 1.